The number of aryl methyl sites for hydroxylation is 3. The molecule has 2 heterocycles. The van der Waals surface area contributed by atoms with Crippen LogP contribution in [0.15, 0.2) is 47.5 Å². The van der Waals surface area contributed by atoms with Gasteiger partial charge in [-0.1, -0.05) is 47.2 Å². The predicted molar refractivity (Wildman–Crippen MR) is 124 cm³/mol. The number of aliphatic imine (C=N–C) groups is 1. The number of rotatable bonds is 4. The molecule has 0 saturated carbocycles. The zero-order valence-corrected chi connectivity index (χ0v) is 18.9. The highest BCUT2D eigenvalue weighted by atomic mass is 32.2. The number of nitrogens with zero attached hydrogens (tertiary/aromatic N) is 2. The number of hydrogen-bond donors (Lipinski definition) is 1. The fraction of sp³-hybridized carbons (Fsp3) is 0.364. The number of benzene rings is 2. The second-order valence-electron chi connectivity index (χ2n) is 7.98. The Balaban J connectivity index is 1.50. The van der Waals surface area contributed by atoms with E-state index >= 15 is 0 Å². The Hall–Kier alpha value is -2.32. The van der Waals surface area contributed by atoms with E-state index in [4.69, 9.17) is 0 Å². The number of sulfone groups is 1. The highest BCUT2D eigenvalue weighted by molar-refractivity contribution is 8.14. The van der Waals surface area contributed by atoms with Crippen molar-refractivity contribution >= 4 is 44.0 Å². The number of nitrogens with one attached hydrogen (secondary N) is 1. The van der Waals surface area contributed by atoms with Gasteiger partial charge < -0.3 is 10.2 Å². The molecule has 0 radical (unpaired) electrons. The van der Waals surface area contributed by atoms with Crippen molar-refractivity contribution in [2.45, 2.75) is 32.9 Å². The average molecular weight is 444 g/mol. The zero-order chi connectivity index (χ0) is 21.5. The number of anilines is 2. The van der Waals surface area contributed by atoms with Gasteiger partial charge in [-0.25, -0.2) is 8.42 Å². The van der Waals surface area contributed by atoms with Crippen LogP contribution in [0.25, 0.3) is 0 Å². The van der Waals surface area contributed by atoms with Gasteiger partial charge in [-0.05, 0) is 44.5 Å². The van der Waals surface area contributed by atoms with Gasteiger partial charge in [0, 0.05) is 11.4 Å². The molecule has 2 aromatic carbocycles. The maximum absolute atomic E-state index is 12.5. The predicted octanol–water partition coefficient (Wildman–Crippen LogP) is 3.33. The molecule has 0 aliphatic carbocycles. The summed E-state index contributed by atoms with van der Waals surface area (Å²) in [5, 5.41) is 3.67. The van der Waals surface area contributed by atoms with Crippen LogP contribution in [0.3, 0.4) is 0 Å². The summed E-state index contributed by atoms with van der Waals surface area (Å²) in [5.74, 6) is 0.260. The van der Waals surface area contributed by atoms with Gasteiger partial charge in [0.15, 0.2) is 15.0 Å². The Morgan fingerprint density at radius 1 is 1.10 bits per heavy atom. The van der Waals surface area contributed by atoms with Crippen LogP contribution < -0.4 is 10.2 Å². The topological polar surface area (TPSA) is 78.8 Å². The minimum absolute atomic E-state index is 0.0683. The summed E-state index contributed by atoms with van der Waals surface area (Å²) in [6, 6.07) is 13.4. The first-order chi connectivity index (χ1) is 14.2. The molecule has 2 aromatic rings. The molecule has 1 saturated heterocycles. The van der Waals surface area contributed by atoms with Crippen molar-refractivity contribution in [1.82, 2.24) is 0 Å². The van der Waals surface area contributed by atoms with Crippen LogP contribution in [0.1, 0.15) is 16.7 Å². The Morgan fingerprint density at radius 3 is 2.50 bits per heavy atom. The molecule has 6 nitrogen and oxygen atoms in total. The van der Waals surface area contributed by atoms with Gasteiger partial charge in [-0.3, -0.25) is 9.79 Å². The van der Waals surface area contributed by atoms with Crippen molar-refractivity contribution in [3.8, 4) is 0 Å². The van der Waals surface area contributed by atoms with Crippen LogP contribution >= 0.6 is 11.8 Å². The SMILES string of the molecule is Cc1ccc(N2C(SCC(=O)Nc3ccc(C)cc3C)=N[C@H]3CS(=O)(=O)C[C@H]32)cc1. The maximum atomic E-state index is 12.5. The minimum Gasteiger partial charge on any atom is -0.325 e. The standard InChI is InChI=1S/C22H25N3O3S2/c1-14-4-7-17(8-5-14)25-20-13-30(27,28)12-19(20)24-22(25)29-11-21(26)23-18-9-6-15(2)10-16(18)3/h4-10,19-20H,11-13H2,1-3H3,(H,23,26)/t19-,20+/m0/s1. The van der Waals surface area contributed by atoms with Crippen molar-refractivity contribution in [3.63, 3.8) is 0 Å². The average Bonchev–Trinajstić information content (AvgIpc) is 3.14. The monoisotopic (exact) mass is 443 g/mol. The Kier molecular flexibility index (Phi) is 5.63. The molecule has 2 aliphatic heterocycles. The summed E-state index contributed by atoms with van der Waals surface area (Å²) in [7, 11) is -3.10. The second kappa shape index (κ2) is 8.07. The van der Waals surface area contributed by atoms with Crippen LogP contribution in [0.2, 0.25) is 0 Å². The molecule has 2 atom stereocenters. The molecule has 30 heavy (non-hydrogen) atoms. The molecule has 0 bridgehead atoms. The van der Waals surface area contributed by atoms with Crippen molar-refractivity contribution in [3.05, 3.63) is 59.2 Å². The van der Waals surface area contributed by atoms with Crippen LogP contribution in [0, 0.1) is 20.8 Å². The van der Waals surface area contributed by atoms with E-state index in [-0.39, 0.29) is 35.2 Å². The van der Waals surface area contributed by atoms with E-state index < -0.39 is 9.84 Å². The van der Waals surface area contributed by atoms with Crippen LogP contribution in [-0.4, -0.2) is 48.8 Å². The number of carbonyl (C=O) groups excluding carboxylic acids is 1. The lowest BCUT2D eigenvalue weighted by Gasteiger charge is -2.26. The van der Waals surface area contributed by atoms with E-state index in [1.807, 2.05) is 68.1 Å². The van der Waals surface area contributed by atoms with Crippen molar-refractivity contribution < 1.29 is 13.2 Å². The third-order valence-electron chi connectivity index (χ3n) is 5.41. The molecule has 0 spiro atoms. The second-order valence-corrected chi connectivity index (χ2v) is 11.1. The maximum Gasteiger partial charge on any atom is 0.234 e. The molecular weight excluding hydrogens is 418 g/mol. The number of amides is 1. The summed E-state index contributed by atoms with van der Waals surface area (Å²) < 4.78 is 24.3. The van der Waals surface area contributed by atoms with E-state index in [0.29, 0.717) is 5.17 Å². The van der Waals surface area contributed by atoms with Crippen molar-refractivity contribution in [1.29, 1.82) is 0 Å². The summed E-state index contributed by atoms with van der Waals surface area (Å²) in [6.07, 6.45) is 0. The quantitative estimate of drug-likeness (QED) is 0.784. The van der Waals surface area contributed by atoms with E-state index in [0.717, 1.165) is 28.1 Å². The van der Waals surface area contributed by atoms with Crippen LogP contribution in [0.5, 0.6) is 0 Å². The van der Waals surface area contributed by atoms with Crippen LogP contribution in [0.4, 0.5) is 11.4 Å². The van der Waals surface area contributed by atoms with Gasteiger partial charge in [0.2, 0.25) is 5.91 Å². The van der Waals surface area contributed by atoms with Crippen LogP contribution in [-0.2, 0) is 14.6 Å². The minimum atomic E-state index is -3.10. The smallest absolute Gasteiger partial charge is 0.234 e. The fourth-order valence-electron chi connectivity index (χ4n) is 3.91. The van der Waals surface area contributed by atoms with Gasteiger partial charge in [-0.2, -0.15) is 0 Å². The highest BCUT2D eigenvalue weighted by Gasteiger charge is 2.47. The Bertz CT molecular complexity index is 1110. The largest absolute Gasteiger partial charge is 0.325 e. The summed E-state index contributed by atoms with van der Waals surface area (Å²) in [4.78, 5) is 19.2. The number of carbonyl (C=O) groups is 1. The number of hydrogen-bond acceptors (Lipinski definition) is 6. The molecule has 4 rings (SSSR count). The third-order valence-corrected chi connectivity index (χ3v) is 8.07. The van der Waals surface area contributed by atoms with E-state index in [2.05, 4.69) is 10.3 Å². The normalized spacial score (nSPS) is 22.0. The first-order valence-electron chi connectivity index (χ1n) is 9.86. The fourth-order valence-corrected chi connectivity index (χ4v) is 6.68. The van der Waals surface area contributed by atoms with E-state index in [1.165, 1.54) is 11.8 Å². The molecule has 0 unspecified atom stereocenters. The lowest BCUT2D eigenvalue weighted by molar-refractivity contribution is -0.113. The molecule has 1 fully saturated rings. The molecule has 0 aromatic heterocycles. The zero-order valence-electron chi connectivity index (χ0n) is 17.3. The first kappa shape index (κ1) is 20.9. The molecule has 1 amide bonds. The molecule has 2 aliphatic rings. The van der Waals surface area contributed by atoms with Gasteiger partial charge in [0.25, 0.3) is 0 Å². The Morgan fingerprint density at radius 2 is 1.80 bits per heavy atom. The van der Waals surface area contributed by atoms with Gasteiger partial charge in [0.05, 0.1) is 29.3 Å². The summed E-state index contributed by atoms with van der Waals surface area (Å²) >= 11 is 1.35. The number of fused-ring (bicyclic) bond motifs is 1. The Labute approximate surface area is 181 Å². The summed E-state index contributed by atoms with van der Waals surface area (Å²) in [5.41, 5.74) is 5.01. The first-order valence-corrected chi connectivity index (χ1v) is 12.7. The molecule has 158 valence electrons. The lowest BCUT2D eigenvalue weighted by Crippen LogP contribution is -2.39. The van der Waals surface area contributed by atoms with E-state index in [1.54, 1.807) is 0 Å². The van der Waals surface area contributed by atoms with Crippen molar-refractivity contribution in [2.24, 2.45) is 4.99 Å². The van der Waals surface area contributed by atoms with E-state index in [9.17, 15) is 13.2 Å². The highest BCUT2D eigenvalue weighted by Crippen LogP contribution is 2.35. The number of amidine groups is 1. The molecule has 8 heteroatoms. The number of thioether (sulfide) groups is 1. The van der Waals surface area contributed by atoms with Gasteiger partial charge in [-0.15, -0.1) is 0 Å². The summed E-state index contributed by atoms with van der Waals surface area (Å²) in [6.45, 7) is 6.00. The molecular formula is C22H25N3O3S2. The van der Waals surface area contributed by atoms with Crippen molar-refractivity contribution in [2.75, 3.05) is 27.5 Å². The third kappa shape index (κ3) is 4.39. The van der Waals surface area contributed by atoms with Gasteiger partial charge in [0.1, 0.15) is 0 Å². The molecule has 1 N–H and O–H groups in total. The van der Waals surface area contributed by atoms with Gasteiger partial charge >= 0.3 is 0 Å². The lowest BCUT2D eigenvalue weighted by atomic mass is 10.1.